The van der Waals surface area contributed by atoms with Crippen molar-refractivity contribution in [3.05, 3.63) is 82.8 Å². The second-order valence-corrected chi connectivity index (χ2v) is 7.46. The summed E-state index contributed by atoms with van der Waals surface area (Å²) in [6, 6.07) is 18.1. The fourth-order valence-electron chi connectivity index (χ4n) is 2.94. The van der Waals surface area contributed by atoms with E-state index in [4.69, 9.17) is 0 Å². The molecule has 0 radical (unpaired) electrons. The van der Waals surface area contributed by atoms with Gasteiger partial charge in [0.25, 0.3) is 0 Å². The van der Waals surface area contributed by atoms with E-state index < -0.39 is 0 Å². The third-order valence-corrected chi connectivity index (χ3v) is 5.58. The molecule has 0 saturated heterocycles. The van der Waals surface area contributed by atoms with Crippen molar-refractivity contribution in [1.29, 1.82) is 5.26 Å². The zero-order valence-corrected chi connectivity index (χ0v) is 16.5. The smallest absolute Gasteiger partial charge is 0.235 e. The number of nitrogens with one attached hydrogen (secondary N) is 1. The Kier molecular flexibility index (Phi) is 6.17. The topological polar surface area (TPSA) is 57.8 Å². The molecular weight excluding hydrogens is 373 g/mol. The average Bonchev–Trinajstić information content (AvgIpc) is 2.92. The molecule has 142 valence electrons. The highest BCUT2D eigenvalue weighted by atomic mass is 32.2. The van der Waals surface area contributed by atoms with Gasteiger partial charge < -0.3 is 9.88 Å². The van der Waals surface area contributed by atoms with Crippen LogP contribution in [-0.4, -0.2) is 16.2 Å². The van der Waals surface area contributed by atoms with E-state index in [1.807, 2.05) is 48.7 Å². The molecule has 28 heavy (non-hydrogen) atoms. The van der Waals surface area contributed by atoms with Crippen LogP contribution < -0.4 is 5.32 Å². The van der Waals surface area contributed by atoms with Gasteiger partial charge in [0.2, 0.25) is 5.91 Å². The minimum Gasteiger partial charge on any atom is -0.326 e. The molecule has 0 fully saturated rings. The van der Waals surface area contributed by atoms with Crippen LogP contribution in [0.15, 0.2) is 59.5 Å². The van der Waals surface area contributed by atoms with Gasteiger partial charge in [-0.05, 0) is 49.2 Å². The summed E-state index contributed by atoms with van der Waals surface area (Å²) in [5.41, 5.74) is 3.37. The van der Waals surface area contributed by atoms with E-state index in [-0.39, 0.29) is 17.5 Å². The zero-order chi connectivity index (χ0) is 20.1. The van der Waals surface area contributed by atoms with Crippen LogP contribution in [-0.2, 0) is 11.3 Å². The Balaban J connectivity index is 1.79. The number of rotatable bonds is 6. The summed E-state index contributed by atoms with van der Waals surface area (Å²) in [4.78, 5) is 13.3. The van der Waals surface area contributed by atoms with Gasteiger partial charge in [0.05, 0.1) is 11.3 Å². The Morgan fingerprint density at radius 2 is 1.82 bits per heavy atom. The second-order valence-electron chi connectivity index (χ2n) is 6.41. The number of carbonyl (C=O) groups excluding carboxylic acids is 1. The molecule has 0 aliphatic heterocycles. The van der Waals surface area contributed by atoms with E-state index in [0.717, 1.165) is 21.7 Å². The lowest BCUT2D eigenvalue weighted by molar-refractivity contribution is -0.113. The van der Waals surface area contributed by atoms with Crippen molar-refractivity contribution in [2.24, 2.45) is 0 Å². The van der Waals surface area contributed by atoms with Crippen LogP contribution in [0.4, 0.5) is 10.2 Å². The van der Waals surface area contributed by atoms with Gasteiger partial charge in [-0.15, -0.1) is 11.8 Å². The summed E-state index contributed by atoms with van der Waals surface area (Å²) in [7, 11) is 0. The fourth-order valence-corrected chi connectivity index (χ4v) is 3.64. The molecule has 0 atom stereocenters. The van der Waals surface area contributed by atoms with E-state index in [2.05, 4.69) is 11.4 Å². The predicted molar refractivity (Wildman–Crippen MR) is 110 cm³/mol. The lowest BCUT2D eigenvalue weighted by Gasteiger charge is -2.13. The van der Waals surface area contributed by atoms with Gasteiger partial charge in [-0.1, -0.05) is 30.3 Å². The maximum Gasteiger partial charge on any atom is 0.235 e. The Morgan fingerprint density at radius 1 is 1.14 bits per heavy atom. The first-order valence-electron chi connectivity index (χ1n) is 8.81. The lowest BCUT2D eigenvalue weighted by Crippen LogP contribution is -2.18. The maximum absolute atomic E-state index is 13.0. The van der Waals surface area contributed by atoms with Gasteiger partial charge >= 0.3 is 0 Å². The van der Waals surface area contributed by atoms with Gasteiger partial charge in [0, 0.05) is 17.1 Å². The molecule has 6 heteroatoms. The van der Waals surface area contributed by atoms with Crippen molar-refractivity contribution in [3.8, 4) is 6.07 Å². The number of anilines is 1. The van der Waals surface area contributed by atoms with Crippen molar-refractivity contribution in [2.45, 2.75) is 25.3 Å². The first-order valence-corrected chi connectivity index (χ1v) is 9.80. The predicted octanol–water partition coefficient (Wildman–Crippen LogP) is 4.89. The number of amides is 1. The van der Waals surface area contributed by atoms with E-state index in [9.17, 15) is 14.4 Å². The fraction of sp³-hybridized carbons (Fsp3) is 0.182. The number of benzene rings is 2. The standard InChI is InChI=1S/C22H20FN3OS/c1-15-16(2)26(13-17-6-4-3-5-7-17)22(20(15)12-24)25-21(27)14-28-19-10-8-18(23)9-11-19/h3-11H,13-14H2,1-2H3,(H,25,27). The third-order valence-electron chi connectivity index (χ3n) is 4.57. The summed E-state index contributed by atoms with van der Waals surface area (Å²) in [5.74, 6) is 0.173. The second kappa shape index (κ2) is 8.77. The van der Waals surface area contributed by atoms with Crippen molar-refractivity contribution < 1.29 is 9.18 Å². The summed E-state index contributed by atoms with van der Waals surface area (Å²) in [6.07, 6.45) is 0. The highest BCUT2D eigenvalue weighted by molar-refractivity contribution is 8.00. The molecule has 3 rings (SSSR count). The van der Waals surface area contributed by atoms with E-state index in [1.165, 1.54) is 23.9 Å². The average molecular weight is 393 g/mol. The summed E-state index contributed by atoms with van der Waals surface area (Å²) >= 11 is 1.32. The Morgan fingerprint density at radius 3 is 2.46 bits per heavy atom. The first kappa shape index (κ1) is 19.7. The number of nitriles is 1. The SMILES string of the molecule is Cc1c(C#N)c(NC(=O)CSc2ccc(F)cc2)n(Cc2ccccc2)c1C. The van der Waals surface area contributed by atoms with Crippen LogP contribution >= 0.6 is 11.8 Å². The molecule has 0 aliphatic carbocycles. The maximum atomic E-state index is 13.0. The van der Waals surface area contributed by atoms with Crippen molar-refractivity contribution in [3.63, 3.8) is 0 Å². The number of carbonyl (C=O) groups is 1. The number of hydrogen-bond acceptors (Lipinski definition) is 3. The number of thioether (sulfide) groups is 1. The molecule has 3 aromatic rings. The molecule has 0 unspecified atom stereocenters. The molecule has 1 heterocycles. The number of nitrogens with zero attached hydrogens (tertiary/aromatic N) is 2. The Bertz CT molecular complexity index is 1020. The Labute approximate surface area is 168 Å². The summed E-state index contributed by atoms with van der Waals surface area (Å²) < 4.78 is 15.0. The van der Waals surface area contributed by atoms with Crippen LogP contribution in [0.1, 0.15) is 22.4 Å². The van der Waals surface area contributed by atoms with Crippen molar-refractivity contribution in [1.82, 2.24) is 4.57 Å². The molecular formula is C22H20FN3OS. The third kappa shape index (κ3) is 4.44. The molecule has 2 aromatic carbocycles. The van der Waals surface area contributed by atoms with Gasteiger partial charge in [0.1, 0.15) is 17.7 Å². The van der Waals surface area contributed by atoms with Crippen LogP contribution in [0.5, 0.6) is 0 Å². The molecule has 4 nitrogen and oxygen atoms in total. The minimum atomic E-state index is -0.308. The van der Waals surface area contributed by atoms with Crippen LogP contribution in [0.3, 0.4) is 0 Å². The summed E-state index contributed by atoms with van der Waals surface area (Å²) in [5, 5.41) is 12.5. The van der Waals surface area contributed by atoms with Crippen molar-refractivity contribution >= 4 is 23.5 Å². The Hall–Kier alpha value is -3.04. The molecule has 0 spiro atoms. The molecule has 0 aliphatic rings. The van der Waals surface area contributed by atoms with Crippen molar-refractivity contribution in [2.75, 3.05) is 11.1 Å². The van der Waals surface area contributed by atoms with E-state index in [1.54, 1.807) is 12.1 Å². The first-order chi connectivity index (χ1) is 13.5. The largest absolute Gasteiger partial charge is 0.326 e. The molecule has 1 aromatic heterocycles. The highest BCUT2D eigenvalue weighted by Gasteiger charge is 2.19. The van der Waals surface area contributed by atoms with Gasteiger partial charge in [-0.3, -0.25) is 4.79 Å². The molecule has 0 saturated carbocycles. The van der Waals surface area contributed by atoms with Crippen LogP contribution in [0.25, 0.3) is 0 Å². The van der Waals surface area contributed by atoms with E-state index in [0.29, 0.717) is 17.9 Å². The monoisotopic (exact) mass is 393 g/mol. The molecule has 0 bridgehead atoms. The number of halogens is 1. The molecule has 1 amide bonds. The molecule has 1 N–H and O–H groups in total. The van der Waals surface area contributed by atoms with Gasteiger partial charge in [0.15, 0.2) is 0 Å². The highest BCUT2D eigenvalue weighted by Crippen LogP contribution is 2.28. The van der Waals surface area contributed by atoms with Gasteiger partial charge in [-0.2, -0.15) is 5.26 Å². The quantitative estimate of drug-likeness (QED) is 0.606. The van der Waals surface area contributed by atoms with Crippen LogP contribution in [0, 0.1) is 31.0 Å². The van der Waals surface area contributed by atoms with Gasteiger partial charge in [-0.25, -0.2) is 4.39 Å². The minimum absolute atomic E-state index is 0.172. The van der Waals surface area contributed by atoms with Crippen LogP contribution in [0.2, 0.25) is 0 Å². The zero-order valence-electron chi connectivity index (χ0n) is 15.7. The lowest BCUT2D eigenvalue weighted by atomic mass is 10.2. The number of aromatic nitrogens is 1. The normalized spacial score (nSPS) is 10.5. The van der Waals surface area contributed by atoms with E-state index >= 15 is 0 Å². The number of hydrogen-bond donors (Lipinski definition) is 1. The summed E-state index contributed by atoms with van der Waals surface area (Å²) in [6.45, 7) is 4.40.